The summed E-state index contributed by atoms with van der Waals surface area (Å²) < 4.78 is 5.73. The Labute approximate surface area is 120 Å². The minimum Gasteiger partial charge on any atom is -0.508 e. The molecule has 19 heavy (non-hydrogen) atoms. The summed E-state index contributed by atoms with van der Waals surface area (Å²) in [6.45, 7) is 5.01. The number of aliphatic hydroxyl groups is 1. The molecule has 1 aromatic rings. The third kappa shape index (κ3) is 5.08. The summed E-state index contributed by atoms with van der Waals surface area (Å²) in [6.07, 6.45) is -0.605. The number of benzene rings is 1. The highest BCUT2D eigenvalue weighted by molar-refractivity contribution is 9.10. The van der Waals surface area contributed by atoms with Crippen LogP contribution in [0.25, 0.3) is 0 Å². The van der Waals surface area contributed by atoms with Crippen molar-refractivity contribution in [3.63, 3.8) is 0 Å². The van der Waals surface area contributed by atoms with Gasteiger partial charge in [-0.1, -0.05) is 22.0 Å². The van der Waals surface area contributed by atoms with Gasteiger partial charge in [-0.2, -0.15) is 0 Å². The van der Waals surface area contributed by atoms with Crippen LogP contribution in [0, 0.1) is 0 Å². The molecule has 1 atom stereocenters. The molecule has 1 unspecified atom stereocenters. The Morgan fingerprint density at radius 3 is 2.58 bits per heavy atom. The van der Waals surface area contributed by atoms with Gasteiger partial charge in [-0.05, 0) is 38.5 Å². The highest BCUT2D eigenvalue weighted by Crippen LogP contribution is 2.27. The number of alkyl carbamates (subject to hydrolysis) is 1. The molecular weight excluding hydrogens is 314 g/mol. The van der Waals surface area contributed by atoms with Gasteiger partial charge in [0.25, 0.3) is 0 Å². The third-order valence-electron chi connectivity index (χ3n) is 2.23. The number of phenolic OH excluding ortho intramolecular Hbond substituents is 1. The standard InChI is InChI=1S/C13H18BrNO4/c1-13(2,3)19-12(18)15-11(7-16)9-5-4-8(17)6-10(9)14/h4-6,11,16-17H,7H2,1-3H3,(H,15,18). The molecule has 106 valence electrons. The fourth-order valence-corrected chi connectivity index (χ4v) is 2.11. The number of phenols is 1. The first-order chi connectivity index (χ1) is 8.73. The lowest BCUT2D eigenvalue weighted by atomic mass is 10.1. The first-order valence-electron chi connectivity index (χ1n) is 5.81. The second-order valence-corrected chi connectivity index (χ2v) is 5.94. The molecule has 0 fully saturated rings. The van der Waals surface area contributed by atoms with Crippen LogP contribution in [0.5, 0.6) is 5.75 Å². The quantitative estimate of drug-likeness (QED) is 0.795. The zero-order valence-corrected chi connectivity index (χ0v) is 12.7. The van der Waals surface area contributed by atoms with Gasteiger partial charge in [-0.25, -0.2) is 4.79 Å². The van der Waals surface area contributed by atoms with Crippen molar-refractivity contribution in [3.05, 3.63) is 28.2 Å². The van der Waals surface area contributed by atoms with Gasteiger partial charge < -0.3 is 20.3 Å². The van der Waals surface area contributed by atoms with Gasteiger partial charge in [0.15, 0.2) is 0 Å². The van der Waals surface area contributed by atoms with Gasteiger partial charge in [0.2, 0.25) is 0 Å². The number of ether oxygens (including phenoxy) is 1. The van der Waals surface area contributed by atoms with Crippen molar-refractivity contribution in [2.24, 2.45) is 0 Å². The van der Waals surface area contributed by atoms with Gasteiger partial charge in [-0.15, -0.1) is 0 Å². The second kappa shape index (κ2) is 6.25. The van der Waals surface area contributed by atoms with Crippen LogP contribution in [0.4, 0.5) is 4.79 Å². The van der Waals surface area contributed by atoms with Crippen LogP contribution in [-0.2, 0) is 4.74 Å². The Hall–Kier alpha value is -1.27. The van der Waals surface area contributed by atoms with E-state index in [0.29, 0.717) is 10.0 Å². The Kier molecular flexibility index (Phi) is 5.20. The van der Waals surface area contributed by atoms with E-state index in [-0.39, 0.29) is 12.4 Å². The molecule has 1 amide bonds. The summed E-state index contributed by atoms with van der Waals surface area (Å²) in [5, 5.41) is 21.3. The van der Waals surface area contributed by atoms with Gasteiger partial charge in [-0.3, -0.25) is 0 Å². The number of carbonyl (C=O) groups excluding carboxylic acids is 1. The predicted octanol–water partition coefficient (Wildman–Crippen LogP) is 2.71. The number of amides is 1. The van der Waals surface area contributed by atoms with Crippen molar-refractivity contribution < 1.29 is 19.7 Å². The Morgan fingerprint density at radius 2 is 2.11 bits per heavy atom. The molecule has 3 N–H and O–H groups in total. The summed E-state index contributed by atoms with van der Waals surface area (Å²) in [5.74, 6) is 0.101. The molecule has 0 saturated carbocycles. The lowest BCUT2D eigenvalue weighted by Gasteiger charge is -2.23. The second-order valence-electron chi connectivity index (χ2n) is 5.09. The van der Waals surface area contributed by atoms with Crippen LogP contribution in [0.1, 0.15) is 32.4 Å². The lowest BCUT2D eigenvalue weighted by molar-refractivity contribution is 0.0481. The van der Waals surface area contributed by atoms with Crippen molar-refractivity contribution in [2.45, 2.75) is 32.4 Å². The highest BCUT2D eigenvalue weighted by Gasteiger charge is 2.21. The van der Waals surface area contributed by atoms with Gasteiger partial charge >= 0.3 is 6.09 Å². The Morgan fingerprint density at radius 1 is 1.47 bits per heavy atom. The van der Waals surface area contributed by atoms with E-state index in [0.717, 1.165) is 0 Å². The van der Waals surface area contributed by atoms with E-state index in [1.54, 1.807) is 26.8 Å². The minimum atomic E-state index is -0.607. The maximum Gasteiger partial charge on any atom is 0.408 e. The van der Waals surface area contributed by atoms with Crippen LogP contribution in [0.15, 0.2) is 22.7 Å². The summed E-state index contributed by atoms with van der Waals surface area (Å²) in [5.41, 5.74) is 0.0576. The van der Waals surface area contributed by atoms with E-state index >= 15 is 0 Å². The number of aliphatic hydroxyl groups excluding tert-OH is 1. The first-order valence-corrected chi connectivity index (χ1v) is 6.61. The molecule has 1 aromatic carbocycles. The van der Waals surface area contributed by atoms with Crippen LogP contribution >= 0.6 is 15.9 Å². The molecule has 1 rings (SSSR count). The molecular formula is C13H18BrNO4. The zero-order valence-electron chi connectivity index (χ0n) is 11.1. The predicted molar refractivity (Wildman–Crippen MR) is 75.0 cm³/mol. The van der Waals surface area contributed by atoms with Gasteiger partial charge in [0.05, 0.1) is 12.6 Å². The molecule has 0 aromatic heterocycles. The molecule has 0 heterocycles. The van der Waals surface area contributed by atoms with E-state index < -0.39 is 17.7 Å². The number of aromatic hydroxyl groups is 1. The lowest BCUT2D eigenvalue weighted by Crippen LogP contribution is -2.36. The SMILES string of the molecule is CC(C)(C)OC(=O)NC(CO)c1ccc(O)cc1Br. The van der Waals surface area contributed by atoms with Crippen LogP contribution in [0.2, 0.25) is 0 Å². The van der Waals surface area contributed by atoms with E-state index in [2.05, 4.69) is 21.2 Å². The van der Waals surface area contributed by atoms with Crippen molar-refractivity contribution in [3.8, 4) is 5.75 Å². The number of halogens is 1. The molecule has 6 heteroatoms. The summed E-state index contributed by atoms with van der Waals surface area (Å²) >= 11 is 3.28. The monoisotopic (exact) mass is 331 g/mol. The molecule has 0 saturated heterocycles. The van der Waals surface area contributed by atoms with E-state index in [9.17, 15) is 15.0 Å². The van der Waals surface area contributed by atoms with Crippen molar-refractivity contribution in [1.82, 2.24) is 5.32 Å². The fraction of sp³-hybridized carbons (Fsp3) is 0.462. The number of hydrogen-bond donors (Lipinski definition) is 3. The van der Waals surface area contributed by atoms with Crippen LogP contribution < -0.4 is 5.32 Å². The van der Waals surface area contributed by atoms with Crippen molar-refractivity contribution in [2.75, 3.05) is 6.61 Å². The largest absolute Gasteiger partial charge is 0.508 e. The molecule has 0 spiro atoms. The van der Waals surface area contributed by atoms with Crippen molar-refractivity contribution >= 4 is 22.0 Å². The number of nitrogens with one attached hydrogen (secondary N) is 1. The molecule has 5 nitrogen and oxygen atoms in total. The average Bonchev–Trinajstić information content (AvgIpc) is 2.24. The number of rotatable bonds is 3. The van der Waals surface area contributed by atoms with Gasteiger partial charge in [0.1, 0.15) is 11.4 Å². The molecule has 0 aliphatic carbocycles. The van der Waals surface area contributed by atoms with Gasteiger partial charge in [0, 0.05) is 4.47 Å². The van der Waals surface area contributed by atoms with E-state index in [1.807, 2.05) is 0 Å². The molecule has 0 radical (unpaired) electrons. The normalized spacial score (nSPS) is 12.9. The summed E-state index contributed by atoms with van der Waals surface area (Å²) in [6, 6.07) is 4.00. The maximum atomic E-state index is 11.7. The van der Waals surface area contributed by atoms with Crippen molar-refractivity contribution in [1.29, 1.82) is 0 Å². The minimum absolute atomic E-state index is 0.101. The number of carbonyl (C=O) groups is 1. The molecule has 0 aliphatic rings. The first kappa shape index (κ1) is 15.8. The zero-order chi connectivity index (χ0) is 14.6. The molecule has 0 aliphatic heterocycles. The highest BCUT2D eigenvalue weighted by atomic mass is 79.9. The smallest absolute Gasteiger partial charge is 0.408 e. The van der Waals surface area contributed by atoms with Crippen LogP contribution in [0.3, 0.4) is 0 Å². The molecule has 0 bridgehead atoms. The number of hydrogen-bond acceptors (Lipinski definition) is 4. The Balaban J connectivity index is 2.81. The summed E-state index contributed by atoms with van der Waals surface area (Å²) in [4.78, 5) is 11.7. The topological polar surface area (TPSA) is 78.8 Å². The maximum absolute atomic E-state index is 11.7. The average molecular weight is 332 g/mol. The summed E-state index contributed by atoms with van der Waals surface area (Å²) in [7, 11) is 0. The van der Waals surface area contributed by atoms with E-state index in [4.69, 9.17) is 4.74 Å². The fourth-order valence-electron chi connectivity index (χ4n) is 1.47. The van der Waals surface area contributed by atoms with E-state index in [1.165, 1.54) is 12.1 Å². The van der Waals surface area contributed by atoms with Crippen LogP contribution in [-0.4, -0.2) is 28.5 Å². The Bertz CT molecular complexity index is 456. The third-order valence-corrected chi connectivity index (χ3v) is 2.92.